The quantitative estimate of drug-likeness (QED) is 0.270. The van der Waals surface area contributed by atoms with Crippen LogP contribution in [0.15, 0.2) is 36.8 Å². The van der Waals surface area contributed by atoms with E-state index in [0.29, 0.717) is 0 Å². The Kier molecular flexibility index (Phi) is 6.62. The van der Waals surface area contributed by atoms with Gasteiger partial charge in [-0.2, -0.15) is 0 Å². The smallest absolute Gasteiger partial charge is 0.194 e. The summed E-state index contributed by atoms with van der Waals surface area (Å²) in [4.78, 5) is 4.51. The molecule has 0 spiro atoms. The minimum atomic E-state index is -1.62. The summed E-state index contributed by atoms with van der Waals surface area (Å²) < 4.78 is 50.6. The highest BCUT2D eigenvalue weighted by Crippen LogP contribution is 2.39. The van der Waals surface area contributed by atoms with Gasteiger partial charge in [-0.1, -0.05) is 5.21 Å². The Bertz CT molecular complexity index is 1700. The van der Waals surface area contributed by atoms with Gasteiger partial charge < -0.3 is 20.1 Å². The lowest BCUT2D eigenvalue weighted by molar-refractivity contribution is -0.210. The van der Waals surface area contributed by atoms with Crippen LogP contribution in [0.1, 0.15) is 28.5 Å². The number of aliphatic hydroxyl groups is 3. The summed E-state index contributed by atoms with van der Waals surface area (Å²) in [6.07, 6.45) is -2.57. The fraction of sp³-hybridized carbons (Fsp3) is 0.320. The standard InChI is InChI=1S/C25H22F3N7O4S/c1-10-3-15-19(40-11(2)30-15)6-17(10)34-9-29-32-25(34)24-23(38)21(22(37)18(8-36)39-24)35-7-16(31-33-35)12-4-13(26)20(28)14(27)5-12/h3-7,9,18,21-24,36-38H,8H2,1-2H3/t18-,21+,22+,23-,24-/m1/s1. The van der Waals surface area contributed by atoms with Gasteiger partial charge in [-0.15, -0.1) is 26.6 Å². The number of aryl methyl sites for hydroxylation is 2. The number of halogens is 3. The maximum atomic E-state index is 13.8. The van der Waals surface area contributed by atoms with Gasteiger partial charge in [0.25, 0.3) is 0 Å². The highest BCUT2D eigenvalue weighted by molar-refractivity contribution is 7.18. The Morgan fingerprint density at radius 1 is 1.02 bits per heavy atom. The zero-order chi connectivity index (χ0) is 28.3. The van der Waals surface area contributed by atoms with Crippen LogP contribution >= 0.6 is 11.3 Å². The molecule has 4 heterocycles. The molecule has 5 atom stereocenters. The molecule has 3 aromatic heterocycles. The van der Waals surface area contributed by atoms with E-state index in [2.05, 4.69) is 25.5 Å². The van der Waals surface area contributed by atoms with Gasteiger partial charge in [0.05, 0.1) is 33.7 Å². The second-order valence-electron chi connectivity index (χ2n) is 9.49. The molecule has 0 unspecified atom stereocenters. The summed E-state index contributed by atoms with van der Waals surface area (Å²) in [5.74, 6) is -4.23. The molecule has 0 amide bonds. The third kappa shape index (κ3) is 4.35. The van der Waals surface area contributed by atoms with E-state index < -0.39 is 54.5 Å². The molecule has 1 saturated heterocycles. The molecule has 1 fully saturated rings. The lowest BCUT2D eigenvalue weighted by Crippen LogP contribution is -2.53. The third-order valence-electron chi connectivity index (χ3n) is 6.89. The van der Waals surface area contributed by atoms with E-state index in [-0.39, 0.29) is 17.1 Å². The van der Waals surface area contributed by atoms with Crippen molar-refractivity contribution in [1.82, 2.24) is 34.7 Å². The molecule has 208 valence electrons. The number of aromatic nitrogens is 7. The summed E-state index contributed by atoms with van der Waals surface area (Å²) >= 11 is 1.52. The number of rotatable bonds is 5. The SMILES string of the molecule is Cc1nc2cc(C)c(-n3cnnc3[C@@H]3O[C@H](CO)[C@H](O)[C@H](n4cc(-c5cc(F)c(F)c(F)c5)nn4)[C@H]3O)cc2s1. The van der Waals surface area contributed by atoms with Gasteiger partial charge >= 0.3 is 0 Å². The van der Waals surface area contributed by atoms with Gasteiger partial charge in [-0.3, -0.25) is 4.57 Å². The fourth-order valence-corrected chi connectivity index (χ4v) is 5.79. The maximum absolute atomic E-state index is 13.8. The molecule has 40 heavy (non-hydrogen) atoms. The van der Waals surface area contributed by atoms with Gasteiger partial charge in [0.1, 0.15) is 42.5 Å². The first-order valence-electron chi connectivity index (χ1n) is 12.1. The van der Waals surface area contributed by atoms with Gasteiger partial charge in [-0.25, -0.2) is 22.8 Å². The van der Waals surface area contributed by atoms with Crippen LogP contribution in [-0.2, 0) is 4.74 Å². The predicted molar refractivity (Wildman–Crippen MR) is 135 cm³/mol. The number of hydrogen-bond acceptors (Lipinski definition) is 10. The molecule has 5 aromatic rings. The first-order chi connectivity index (χ1) is 19.2. The summed E-state index contributed by atoms with van der Waals surface area (Å²) in [6, 6.07) is 4.16. The lowest BCUT2D eigenvalue weighted by atomic mass is 9.92. The third-order valence-corrected chi connectivity index (χ3v) is 7.82. The average molecular weight is 574 g/mol. The van der Waals surface area contributed by atoms with Crippen LogP contribution in [-0.4, -0.2) is 75.0 Å². The van der Waals surface area contributed by atoms with E-state index in [0.717, 1.165) is 43.3 Å². The van der Waals surface area contributed by atoms with Gasteiger partial charge in [-0.05, 0) is 43.7 Å². The molecule has 3 N–H and O–H groups in total. The zero-order valence-electron chi connectivity index (χ0n) is 21.0. The van der Waals surface area contributed by atoms with E-state index in [1.807, 2.05) is 26.0 Å². The zero-order valence-corrected chi connectivity index (χ0v) is 21.8. The van der Waals surface area contributed by atoms with Crippen LogP contribution in [0.5, 0.6) is 0 Å². The minimum absolute atomic E-state index is 0.0345. The molecule has 2 aromatic carbocycles. The number of thiazole rings is 1. The fourth-order valence-electron chi connectivity index (χ4n) is 4.95. The van der Waals surface area contributed by atoms with Crippen molar-refractivity contribution < 1.29 is 33.2 Å². The molecule has 1 aliphatic rings. The van der Waals surface area contributed by atoms with Crippen molar-refractivity contribution in [2.24, 2.45) is 0 Å². The highest BCUT2D eigenvalue weighted by Gasteiger charge is 2.48. The van der Waals surface area contributed by atoms with Crippen LogP contribution in [0.3, 0.4) is 0 Å². The van der Waals surface area contributed by atoms with Crippen molar-refractivity contribution in [2.75, 3.05) is 6.61 Å². The Morgan fingerprint density at radius 2 is 1.77 bits per heavy atom. The van der Waals surface area contributed by atoms with Crippen molar-refractivity contribution in [3.05, 3.63) is 70.6 Å². The first-order valence-corrected chi connectivity index (χ1v) is 12.9. The largest absolute Gasteiger partial charge is 0.394 e. The number of hydrogen-bond donors (Lipinski definition) is 3. The summed E-state index contributed by atoms with van der Waals surface area (Å²) in [5, 5.41) is 49.3. The van der Waals surface area contributed by atoms with Crippen LogP contribution in [0.4, 0.5) is 13.2 Å². The van der Waals surface area contributed by atoms with E-state index in [1.165, 1.54) is 23.9 Å². The molecule has 0 radical (unpaired) electrons. The highest BCUT2D eigenvalue weighted by atomic mass is 32.1. The molecular weight excluding hydrogens is 551 g/mol. The number of benzene rings is 2. The van der Waals surface area contributed by atoms with Crippen LogP contribution < -0.4 is 0 Å². The Balaban J connectivity index is 1.38. The predicted octanol–water partition coefficient (Wildman–Crippen LogP) is 2.56. The van der Waals surface area contributed by atoms with Gasteiger partial charge in [0, 0.05) is 5.56 Å². The van der Waals surface area contributed by atoms with Crippen molar-refractivity contribution in [2.45, 2.75) is 44.3 Å². The van der Waals surface area contributed by atoms with E-state index in [9.17, 15) is 28.5 Å². The van der Waals surface area contributed by atoms with Crippen LogP contribution in [0.25, 0.3) is 27.2 Å². The molecule has 6 rings (SSSR count). The van der Waals surface area contributed by atoms with Crippen molar-refractivity contribution in [3.8, 4) is 16.9 Å². The summed E-state index contributed by atoms with van der Waals surface area (Å²) in [5.41, 5.74) is 2.29. The molecule has 0 saturated carbocycles. The number of aliphatic hydroxyl groups excluding tert-OH is 3. The normalized spacial score (nSPS) is 23.2. The van der Waals surface area contributed by atoms with Crippen molar-refractivity contribution >= 4 is 21.6 Å². The molecule has 15 heteroatoms. The van der Waals surface area contributed by atoms with Crippen LogP contribution in [0.2, 0.25) is 0 Å². The summed E-state index contributed by atoms with van der Waals surface area (Å²) in [6.45, 7) is 3.21. The van der Waals surface area contributed by atoms with Crippen LogP contribution in [0, 0.1) is 31.3 Å². The number of fused-ring (bicyclic) bond motifs is 1. The van der Waals surface area contributed by atoms with E-state index in [4.69, 9.17) is 4.74 Å². The molecule has 0 aliphatic carbocycles. The molecular formula is C25H22F3N7O4S. The average Bonchev–Trinajstić information content (AvgIpc) is 3.66. The van der Waals surface area contributed by atoms with Crippen molar-refractivity contribution in [1.29, 1.82) is 0 Å². The second kappa shape index (κ2) is 10.0. The second-order valence-corrected chi connectivity index (χ2v) is 10.7. The monoisotopic (exact) mass is 573 g/mol. The Labute approximate surface area is 228 Å². The van der Waals surface area contributed by atoms with Crippen molar-refractivity contribution in [3.63, 3.8) is 0 Å². The topological polar surface area (TPSA) is 144 Å². The Morgan fingerprint density at radius 3 is 2.50 bits per heavy atom. The van der Waals surface area contributed by atoms with E-state index in [1.54, 1.807) is 4.57 Å². The van der Waals surface area contributed by atoms with Gasteiger partial charge in [0.15, 0.2) is 23.3 Å². The molecule has 1 aliphatic heterocycles. The number of nitrogens with zero attached hydrogens (tertiary/aromatic N) is 7. The van der Waals surface area contributed by atoms with E-state index >= 15 is 0 Å². The minimum Gasteiger partial charge on any atom is -0.394 e. The maximum Gasteiger partial charge on any atom is 0.194 e. The van der Waals surface area contributed by atoms with Gasteiger partial charge in [0.2, 0.25) is 0 Å². The summed E-state index contributed by atoms with van der Waals surface area (Å²) in [7, 11) is 0. The number of ether oxygens (including phenoxy) is 1. The first kappa shape index (κ1) is 26.5. The molecule has 11 nitrogen and oxygen atoms in total. The Hall–Kier alpha value is -3.76. The lowest BCUT2D eigenvalue weighted by Gasteiger charge is -2.41. The molecule has 0 bridgehead atoms.